The number of aryl methyl sites for hydroxylation is 1. The molecule has 7 heteroatoms. The van der Waals surface area contributed by atoms with E-state index in [4.69, 9.17) is 0 Å². The molecule has 0 saturated carbocycles. The summed E-state index contributed by atoms with van der Waals surface area (Å²) in [5.41, 5.74) is 1.49. The first-order valence-electron chi connectivity index (χ1n) is 5.51. The number of benzene rings is 1. The molecule has 0 aliphatic rings. The van der Waals surface area contributed by atoms with Gasteiger partial charge in [-0.3, -0.25) is 5.10 Å². The van der Waals surface area contributed by atoms with Gasteiger partial charge >= 0.3 is 6.18 Å². The van der Waals surface area contributed by atoms with E-state index < -0.39 is 12.0 Å². The van der Waals surface area contributed by atoms with Gasteiger partial charge < -0.3 is 4.57 Å². The molecular weight excluding hydrogens is 257 g/mol. The van der Waals surface area contributed by atoms with Gasteiger partial charge in [-0.05, 0) is 6.07 Å². The average Bonchev–Trinajstić information content (AvgIpc) is 2.94. The van der Waals surface area contributed by atoms with Crippen molar-refractivity contribution in [3.05, 3.63) is 36.3 Å². The zero-order valence-corrected chi connectivity index (χ0v) is 9.86. The fourth-order valence-electron chi connectivity index (χ4n) is 2.03. The average molecular weight is 266 g/mol. The van der Waals surface area contributed by atoms with Crippen LogP contribution in [0.3, 0.4) is 0 Å². The number of para-hydroxylation sites is 1. The molecule has 0 amide bonds. The summed E-state index contributed by atoms with van der Waals surface area (Å²) in [6.45, 7) is 0. The predicted octanol–water partition coefficient (Wildman–Crippen LogP) is 2.98. The zero-order valence-electron chi connectivity index (χ0n) is 9.86. The Morgan fingerprint density at radius 3 is 2.63 bits per heavy atom. The minimum absolute atomic E-state index is 0.0455. The highest BCUT2D eigenvalue weighted by molar-refractivity contribution is 5.94. The van der Waals surface area contributed by atoms with Crippen LogP contribution in [0.1, 0.15) is 5.82 Å². The molecule has 4 nitrogen and oxygen atoms in total. The molecule has 0 spiro atoms. The van der Waals surface area contributed by atoms with Crippen LogP contribution < -0.4 is 0 Å². The van der Waals surface area contributed by atoms with Crippen LogP contribution in [0.4, 0.5) is 13.2 Å². The normalized spacial score (nSPS) is 12.2. The highest BCUT2D eigenvalue weighted by Crippen LogP contribution is 2.31. The number of hydrogen-bond donors (Lipinski definition) is 1. The molecule has 1 N–H and O–H groups in total. The van der Waals surface area contributed by atoms with Gasteiger partial charge in [-0.2, -0.15) is 18.3 Å². The molecule has 98 valence electrons. The Hall–Kier alpha value is -2.31. The Morgan fingerprint density at radius 2 is 1.95 bits per heavy atom. The van der Waals surface area contributed by atoms with Crippen LogP contribution in [0, 0.1) is 0 Å². The van der Waals surface area contributed by atoms with Gasteiger partial charge in [0, 0.05) is 29.7 Å². The molecule has 0 aliphatic carbocycles. The minimum atomic E-state index is -4.52. The second-order valence-corrected chi connectivity index (χ2v) is 4.18. The van der Waals surface area contributed by atoms with Gasteiger partial charge in [0.25, 0.3) is 0 Å². The molecule has 3 aromatic rings. The quantitative estimate of drug-likeness (QED) is 0.736. The van der Waals surface area contributed by atoms with Crippen LogP contribution in [0.5, 0.6) is 0 Å². The van der Waals surface area contributed by atoms with Crippen molar-refractivity contribution in [3.63, 3.8) is 0 Å². The molecule has 0 fully saturated rings. The fraction of sp³-hybridized carbons (Fsp3) is 0.167. The lowest BCUT2D eigenvalue weighted by Gasteiger charge is -1.98. The van der Waals surface area contributed by atoms with E-state index in [-0.39, 0.29) is 5.82 Å². The number of rotatable bonds is 1. The number of alkyl halides is 3. The van der Waals surface area contributed by atoms with Crippen molar-refractivity contribution in [3.8, 4) is 11.4 Å². The Kier molecular flexibility index (Phi) is 2.38. The van der Waals surface area contributed by atoms with Crippen LogP contribution in [0.25, 0.3) is 22.3 Å². The Labute approximate surface area is 105 Å². The molecule has 0 saturated heterocycles. The lowest BCUT2D eigenvalue weighted by Crippen LogP contribution is -2.07. The highest BCUT2D eigenvalue weighted by atomic mass is 19.4. The summed E-state index contributed by atoms with van der Waals surface area (Å²) >= 11 is 0. The number of H-pyrrole nitrogens is 1. The summed E-state index contributed by atoms with van der Waals surface area (Å²) in [6, 6.07) is 7.40. The van der Waals surface area contributed by atoms with Crippen molar-refractivity contribution in [2.24, 2.45) is 7.05 Å². The van der Waals surface area contributed by atoms with E-state index in [1.807, 2.05) is 41.0 Å². The topological polar surface area (TPSA) is 46.5 Å². The molecule has 2 aromatic heterocycles. The van der Waals surface area contributed by atoms with Gasteiger partial charge in [-0.15, -0.1) is 0 Å². The number of halogens is 3. The van der Waals surface area contributed by atoms with Crippen LogP contribution in [-0.2, 0) is 13.2 Å². The lowest BCUT2D eigenvalue weighted by molar-refractivity contribution is -0.144. The molecule has 0 atom stereocenters. The van der Waals surface area contributed by atoms with E-state index in [2.05, 4.69) is 10.1 Å². The third-order valence-electron chi connectivity index (χ3n) is 2.89. The molecule has 19 heavy (non-hydrogen) atoms. The number of nitrogens with zero attached hydrogens (tertiary/aromatic N) is 3. The van der Waals surface area contributed by atoms with Crippen molar-refractivity contribution in [2.45, 2.75) is 6.18 Å². The van der Waals surface area contributed by atoms with Crippen LogP contribution in [0.2, 0.25) is 0 Å². The second kappa shape index (κ2) is 3.84. The Bertz CT molecular complexity index is 739. The molecule has 0 unspecified atom stereocenters. The van der Waals surface area contributed by atoms with Crippen molar-refractivity contribution in [1.29, 1.82) is 0 Å². The SMILES string of the molecule is Cn1cc(-c2n[nH]c(C(F)(F)F)n2)c2ccccc21. The summed E-state index contributed by atoms with van der Waals surface area (Å²) in [5.74, 6) is -1.04. The first kappa shape index (κ1) is 11.8. The molecule has 0 aliphatic heterocycles. The third-order valence-corrected chi connectivity index (χ3v) is 2.89. The number of hydrogen-bond acceptors (Lipinski definition) is 2. The first-order chi connectivity index (χ1) is 8.97. The van der Waals surface area contributed by atoms with Gasteiger partial charge in [0.05, 0.1) is 0 Å². The maximum absolute atomic E-state index is 12.5. The Morgan fingerprint density at radius 1 is 1.21 bits per heavy atom. The predicted molar refractivity (Wildman–Crippen MR) is 63.3 cm³/mol. The van der Waals surface area contributed by atoms with Crippen molar-refractivity contribution >= 4 is 10.9 Å². The second-order valence-electron chi connectivity index (χ2n) is 4.18. The van der Waals surface area contributed by atoms with Crippen molar-refractivity contribution in [1.82, 2.24) is 19.7 Å². The standard InChI is InChI=1S/C12H9F3N4/c1-19-6-8(7-4-2-3-5-9(7)19)10-16-11(18-17-10)12(13,14)15/h2-6H,1H3,(H,16,17,18). The summed E-state index contributed by atoms with van der Waals surface area (Å²) in [5, 5.41) is 6.39. The maximum atomic E-state index is 12.5. The van der Waals surface area contributed by atoms with Crippen molar-refractivity contribution < 1.29 is 13.2 Å². The summed E-state index contributed by atoms with van der Waals surface area (Å²) in [7, 11) is 1.82. The molecular formula is C12H9F3N4. The minimum Gasteiger partial charge on any atom is -0.350 e. The van der Waals surface area contributed by atoms with Crippen molar-refractivity contribution in [2.75, 3.05) is 0 Å². The third kappa shape index (κ3) is 1.87. The van der Waals surface area contributed by atoms with Gasteiger partial charge in [-0.25, -0.2) is 4.98 Å². The summed E-state index contributed by atoms with van der Waals surface area (Å²) in [6.07, 6.45) is -2.80. The van der Waals surface area contributed by atoms with Gasteiger partial charge in [0.2, 0.25) is 5.82 Å². The van der Waals surface area contributed by atoms with Crippen LogP contribution >= 0.6 is 0 Å². The molecule has 2 heterocycles. The number of aromatic nitrogens is 4. The van der Waals surface area contributed by atoms with E-state index in [1.54, 1.807) is 6.20 Å². The lowest BCUT2D eigenvalue weighted by atomic mass is 10.2. The number of aromatic amines is 1. The molecule has 1 aromatic carbocycles. The van der Waals surface area contributed by atoms with E-state index in [0.717, 1.165) is 10.9 Å². The molecule has 0 bridgehead atoms. The zero-order chi connectivity index (χ0) is 13.6. The highest BCUT2D eigenvalue weighted by Gasteiger charge is 2.35. The fourth-order valence-corrected chi connectivity index (χ4v) is 2.03. The van der Waals surface area contributed by atoms with Gasteiger partial charge in [0.1, 0.15) is 0 Å². The summed E-state index contributed by atoms with van der Waals surface area (Å²) < 4.78 is 39.3. The van der Waals surface area contributed by atoms with Crippen LogP contribution in [-0.4, -0.2) is 19.7 Å². The maximum Gasteiger partial charge on any atom is 0.451 e. The number of fused-ring (bicyclic) bond motifs is 1. The number of nitrogens with one attached hydrogen (secondary N) is 1. The van der Waals surface area contributed by atoms with Gasteiger partial charge in [0.15, 0.2) is 5.82 Å². The van der Waals surface area contributed by atoms with E-state index in [0.29, 0.717) is 5.56 Å². The van der Waals surface area contributed by atoms with E-state index >= 15 is 0 Å². The smallest absolute Gasteiger partial charge is 0.350 e. The summed E-state index contributed by atoms with van der Waals surface area (Å²) in [4.78, 5) is 3.51. The monoisotopic (exact) mass is 266 g/mol. The van der Waals surface area contributed by atoms with E-state index in [9.17, 15) is 13.2 Å². The first-order valence-corrected chi connectivity index (χ1v) is 5.51. The van der Waals surface area contributed by atoms with Crippen LogP contribution in [0.15, 0.2) is 30.5 Å². The molecule has 0 radical (unpaired) electrons. The largest absolute Gasteiger partial charge is 0.451 e. The van der Waals surface area contributed by atoms with E-state index in [1.165, 1.54) is 0 Å². The molecule has 3 rings (SSSR count). The Balaban J connectivity index is 2.17. The van der Waals surface area contributed by atoms with Gasteiger partial charge in [-0.1, -0.05) is 18.2 Å².